The highest BCUT2D eigenvalue weighted by Crippen LogP contribution is 2.52. The van der Waals surface area contributed by atoms with Gasteiger partial charge in [0, 0.05) is 28.2 Å². The largest absolute Gasteiger partial charge is 0.310 e. The highest BCUT2D eigenvalue weighted by molar-refractivity contribution is 5.89. The molecule has 0 N–H and O–H groups in total. The molecule has 0 radical (unpaired) electrons. The lowest BCUT2D eigenvalue weighted by Gasteiger charge is -2.42. The topological polar surface area (TPSA) is 6.48 Å². The van der Waals surface area contributed by atoms with Crippen molar-refractivity contribution >= 4 is 34.1 Å². The van der Waals surface area contributed by atoms with E-state index in [4.69, 9.17) is 0 Å². The van der Waals surface area contributed by atoms with Crippen LogP contribution >= 0.6 is 0 Å². The van der Waals surface area contributed by atoms with E-state index in [1.54, 1.807) is 0 Å². The smallest absolute Gasteiger partial charge is 0.0508 e. The Morgan fingerprint density at radius 3 is 1.64 bits per heavy atom. The number of benzene rings is 7. The van der Waals surface area contributed by atoms with Gasteiger partial charge in [0.2, 0.25) is 0 Å². The third-order valence-electron chi connectivity index (χ3n) is 9.43. The standard InChI is InChI=1S/C45H36N2/c1-45(2)41-23-12-13-24-43(41)47(38-20-10-5-11-21-38)44-32-36(27-30-42(44)45)35-17-14-22-40(31-35)46(37-18-8-4-9-19-37)39-28-25-34(26-29-39)33-15-6-3-7-16-33/h3-32H,1-2H3. The van der Waals surface area contributed by atoms with Crippen LogP contribution in [0.25, 0.3) is 22.3 Å². The van der Waals surface area contributed by atoms with Crippen LogP contribution in [0.3, 0.4) is 0 Å². The van der Waals surface area contributed by atoms with Crippen LogP contribution in [0.1, 0.15) is 25.0 Å². The minimum Gasteiger partial charge on any atom is -0.310 e. The molecule has 0 aromatic heterocycles. The highest BCUT2D eigenvalue weighted by Gasteiger charge is 2.36. The molecule has 0 aliphatic carbocycles. The maximum absolute atomic E-state index is 2.42. The Kier molecular flexibility index (Phi) is 7.19. The van der Waals surface area contributed by atoms with Gasteiger partial charge in [-0.05, 0) is 94.0 Å². The van der Waals surface area contributed by atoms with E-state index in [1.807, 2.05) is 0 Å². The second kappa shape index (κ2) is 11.8. The van der Waals surface area contributed by atoms with Gasteiger partial charge in [-0.15, -0.1) is 0 Å². The molecule has 0 amide bonds. The molecule has 47 heavy (non-hydrogen) atoms. The monoisotopic (exact) mass is 604 g/mol. The molecule has 0 unspecified atom stereocenters. The first-order valence-electron chi connectivity index (χ1n) is 16.3. The van der Waals surface area contributed by atoms with Crippen LogP contribution in [0, 0.1) is 0 Å². The Balaban J connectivity index is 1.23. The van der Waals surface area contributed by atoms with Crippen molar-refractivity contribution < 1.29 is 0 Å². The number of anilines is 6. The van der Waals surface area contributed by atoms with Crippen LogP contribution in [0.15, 0.2) is 182 Å². The molecule has 7 aromatic rings. The van der Waals surface area contributed by atoms with Crippen molar-refractivity contribution in [1.29, 1.82) is 0 Å². The number of hydrogen-bond donors (Lipinski definition) is 0. The molecule has 8 rings (SSSR count). The van der Waals surface area contributed by atoms with Crippen molar-refractivity contribution in [2.24, 2.45) is 0 Å². The van der Waals surface area contributed by atoms with Crippen molar-refractivity contribution in [3.8, 4) is 22.3 Å². The van der Waals surface area contributed by atoms with E-state index in [1.165, 1.54) is 44.8 Å². The predicted octanol–water partition coefficient (Wildman–Crippen LogP) is 12.6. The summed E-state index contributed by atoms with van der Waals surface area (Å²) in [7, 11) is 0. The van der Waals surface area contributed by atoms with Crippen molar-refractivity contribution in [2.75, 3.05) is 9.80 Å². The highest BCUT2D eigenvalue weighted by atomic mass is 15.2. The second-order valence-electron chi connectivity index (χ2n) is 12.7. The summed E-state index contributed by atoms with van der Waals surface area (Å²) in [4.78, 5) is 4.76. The van der Waals surface area contributed by atoms with Gasteiger partial charge in [0.15, 0.2) is 0 Å². The zero-order valence-electron chi connectivity index (χ0n) is 26.7. The summed E-state index contributed by atoms with van der Waals surface area (Å²) in [5, 5.41) is 0. The van der Waals surface area contributed by atoms with Crippen LogP contribution in [-0.2, 0) is 5.41 Å². The molecular formula is C45H36N2. The van der Waals surface area contributed by atoms with Gasteiger partial charge in [-0.2, -0.15) is 0 Å². The van der Waals surface area contributed by atoms with Crippen LogP contribution in [-0.4, -0.2) is 0 Å². The van der Waals surface area contributed by atoms with E-state index in [0.29, 0.717) is 0 Å². The Hall–Kier alpha value is -5.86. The van der Waals surface area contributed by atoms with Crippen LogP contribution in [0.4, 0.5) is 34.1 Å². The maximum Gasteiger partial charge on any atom is 0.0508 e. The minimum atomic E-state index is -0.131. The average molecular weight is 605 g/mol. The number of hydrogen-bond acceptors (Lipinski definition) is 2. The second-order valence-corrected chi connectivity index (χ2v) is 12.7. The van der Waals surface area contributed by atoms with E-state index >= 15 is 0 Å². The Labute approximate surface area is 277 Å². The van der Waals surface area contributed by atoms with Crippen LogP contribution in [0.2, 0.25) is 0 Å². The van der Waals surface area contributed by atoms with Crippen molar-refractivity contribution in [2.45, 2.75) is 19.3 Å². The van der Waals surface area contributed by atoms with Gasteiger partial charge in [0.25, 0.3) is 0 Å². The molecule has 7 aromatic carbocycles. The summed E-state index contributed by atoms with van der Waals surface area (Å²) in [6, 6.07) is 65.5. The third-order valence-corrected chi connectivity index (χ3v) is 9.43. The molecule has 0 spiro atoms. The fraction of sp³-hybridized carbons (Fsp3) is 0.0667. The summed E-state index contributed by atoms with van der Waals surface area (Å²) >= 11 is 0. The van der Waals surface area contributed by atoms with E-state index in [2.05, 4.69) is 206 Å². The zero-order valence-corrected chi connectivity index (χ0v) is 26.7. The van der Waals surface area contributed by atoms with E-state index in [-0.39, 0.29) is 5.41 Å². The molecule has 1 aliphatic rings. The molecule has 1 heterocycles. The van der Waals surface area contributed by atoms with Gasteiger partial charge < -0.3 is 9.80 Å². The molecule has 1 aliphatic heterocycles. The number of para-hydroxylation sites is 3. The molecule has 0 saturated heterocycles. The summed E-state index contributed by atoms with van der Waals surface area (Å²) in [5.41, 5.74) is 14.3. The lowest BCUT2D eigenvalue weighted by Crippen LogP contribution is -2.30. The SMILES string of the molecule is CC1(C)c2ccccc2N(c2ccccc2)c2cc(-c3cccc(N(c4ccccc4)c4ccc(-c5ccccc5)cc4)c3)ccc21. The number of fused-ring (bicyclic) bond motifs is 2. The first-order valence-corrected chi connectivity index (χ1v) is 16.3. The van der Waals surface area contributed by atoms with Crippen molar-refractivity contribution in [3.05, 3.63) is 193 Å². The summed E-state index contributed by atoms with van der Waals surface area (Å²) in [5.74, 6) is 0. The zero-order chi connectivity index (χ0) is 31.8. The third kappa shape index (κ3) is 5.18. The molecule has 226 valence electrons. The first kappa shape index (κ1) is 28.6. The van der Waals surface area contributed by atoms with Gasteiger partial charge in [0.1, 0.15) is 0 Å². The quantitative estimate of drug-likeness (QED) is 0.186. The summed E-state index contributed by atoms with van der Waals surface area (Å²) in [6.07, 6.45) is 0. The Morgan fingerprint density at radius 2 is 0.894 bits per heavy atom. The Bertz CT molecular complexity index is 2150. The molecule has 2 nitrogen and oxygen atoms in total. The van der Waals surface area contributed by atoms with Crippen LogP contribution in [0.5, 0.6) is 0 Å². The summed E-state index contributed by atoms with van der Waals surface area (Å²) < 4.78 is 0. The Morgan fingerprint density at radius 1 is 0.383 bits per heavy atom. The molecule has 0 bridgehead atoms. The predicted molar refractivity (Wildman–Crippen MR) is 199 cm³/mol. The van der Waals surface area contributed by atoms with Crippen molar-refractivity contribution in [3.63, 3.8) is 0 Å². The maximum atomic E-state index is 2.42. The fourth-order valence-electron chi connectivity index (χ4n) is 7.03. The molecule has 0 atom stereocenters. The number of nitrogens with zero attached hydrogens (tertiary/aromatic N) is 2. The molecular weight excluding hydrogens is 569 g/mol. The molecule has 2 heteroatoms. The van der Waals surface area contributed by atoms with Gasteiger partial charge in [-0.1, -0.05) is 135 Å². The average Bonchev–Trinajstić information content (AvgIpc) is 3.13. The lowest BCUT2D eigenvalue weighted by molar-refractivity contribution is 0.632. The summed E-state index contributed by atoms with van der Waals surface area (Å²) in [6.45, 7) is 4.68. The molecule has 0 fully saturated rings. The molecule has 0 saturated carbocycles. The van der Waals surface area contributed by atoms with Gasteiger partial charge >= 0.3 is 0 Å². The van der Waals surface area contributed by atoms with Crippen molar-refractivity contribution in [1.82, 2.24) is 0 Å². The number of rotatable bonds is 6. The first-order chi connectivity index (χ1) is 23.1. The van der Waals surface area contributed by atoms with Gasteiger partial charge in [-0.3, -0.25) is 0 Å². The van der Waals surface area contributed by atoms with Gasteiger partial charge in [-0.25, -0.2) is 0 Å². The van der Waals surface area contributed by atoms with E-state index in [0.717, 1.165) is 22.7 Å². The normalized spacial score (nSPS) is 13.0. The van der Waals surface area contributed by atoms with E-state index < -0.39 is 0 Å². The fourth-order valence-corrected chi connectivity index (χ4v) is 7.03. The van der Waals surface area contributed by atoms with E-state index in [9.17, 15) is 0 Å². The van der Waals surface area contributed by atoms with Crippen LogP contribution < -0.4 is 9.80 Å². The minimum absolute atomic E-state index is 0.131. The van der Waals surface area contributed by atoms with Gasteiger partial charge in [0.05, 0.1) is 11.4 Å². The lowest BCUT2D eigenvalue weighted by atomic mass is 9.73.